The first-order valence-electron chi connectivity index (χ1n) is 3.43. The Morgan fingerprint density at radius 3 is 2.17 bits per heavy atom. The first kappa shape index (κ1) is 8.52. The van der Waals surface area contributed by atoms with Gasteiger partial charge in [0.1, 0.15) is 0 Å². The van der Waals surface area contributed by atoms with Crippen molar-refractivity contribution >= 4 is 17.5 Å². The van der Waals surface area contributed by atoms with Crippen molar-refractivity contribution in [3.05, 3.63) is 17.4 Å². The number of rotatable bonds is 2. The third-order valence-electron chi connectivity index (χ3n) is 1.49. The molecule has 0 aliphatic rings. The van der Waals surface area contributed by atoms with Gasteiger partial charge in [-0.15, -0.1) is 0 Å². The van der Waals surface area contributed by atoms with Crippen LogP contribution in [0.4, 0.5) is 5.88 Å². The molecular weight excluding hydrogens is 158 g/mol. The molecule has 1 aromatic rings. The quantitative estimate of drug-likeness (QED) is 0.673. The topological polar surface area (TPSA) is 73.3 Å². The van der Waals surface area contributed by atoms with Crippen molar-refractivity contribution in [2.75, 3.05) is 5.73 Å². The molecule has 4 heteroatoms. The molecule has 64 valence electrons. The maximum absolute atomic E-state index is 10.9. The average Bonchev–Trinajstić information content (AvgIpc) is 2.30. The normalized spacial score (nSPS) is 9.83. The molecule has 0 bridgehead atoms. The molecule has 0 saturated carbocycles. The fraction of sp³-hybridized carbons (Fsp3) is 0.250. The number of Topliss-reactive ketones (excluding diaryl/α,β-unsaturated/α-hetero) is 2. The summed E-state index contributed by atoms with van der Waals surface area (Å²) in [6, 6.07) is 1.36. The summed E-state index contributed by atoms with van der Waals surface area (Å²) in [5.41, 5.74) is 5.60. The molecule has 0 aliphatic carbocycles. The van der Waals surface area contributed by atoms with E-state index in [1.54, 1.807) is 0 Å². The number of nitrogens with two attached hydrogens (primary N) is 1. The van der Waals surface area contributed by atoms with Crippen LogP contribution in [-0.2, 0) is 0 Å². The highest BCUT2D eigenvalue weighted by molar-refractivity contribution is 6.01. The molecule has 1 heterocycles. The Balaban J connectivity index is 3.17. The van der Waals surface area contributed by atoms with E-state index in [0.29, 0.717) is 0 Å². The zero-order chi connectivity index (χ0) is 9.30. The molecular formula is C8H9NO3. The van der Waals surface area contributed by atoms with Crippen LogP contribution in [-0.4, -0.2) is 11.6 Å². The number of carbonyl (C=O) groups excluding carboxylic acids is 2. The number of hydrogen-bond acceptors (Lipinski definition) is 4. The van der Waals surface area contributed by atoms with Gasteiger partial charge >= 0.3 is 0 Å². The van der Waals surface area contributed by atoms with E-state index < -0.39 is 0 Å². The van der Waals surface area contributed by atoms with Gasteiger partial charge in [0.2, 0.25) is 5.88 Å². The Hall–Kier alpha value is -1.58. The van der Waals surface area contributed by atoms with Crippen LogP contribution in [0, 0.1) is 0 Å². The van der Waals surface area contributed by atoms with Crippen LogP contribution in [0.25, 0.3) is 0 Å². The Morgan fingerprint density at radius 1 is 1.33 bits per heavy atom. The van der Waals surface area contributed by atoms with E-state index in [9.17, 15) is 9.59 Å². The van der Waals surface area contributed by atoms with Crippen LogP contribution < -0.4 is 5.73 Å². The van der Waals surface area contributed by atoms with Crippen LogP contribution in [0.3, 0.4) is 0 Å². The first-order chi connectivity index (χ1) is 5.52. The number of anilines is 1. The zero-order valence-corrected chi connectivity index (χ0v) is 6.88. The predicted octanol–water partition coefficient (Wildman–Crippen LogP) is 1.27. The van der Waals surface area contributed by atoms with Crippen molar-refractivity contribution in [2.45, 2.75) is 13.8 Å². The van der Waals surface area contributed by atoms with Gasteiger partial charge in [0.05, 0.1) is 5.56 Å². The third-order valence-corrected chi connectivity index (χ3v) is 1.49. The highest BCUT2D eigenvalue weighted by atomic mass is 16.4. The number of nitrogen functional groups attached to an aromatic ring is 1. The van der Waals surface area contributed by atoms with Crippen LogP contribution in [0.2, 0.25) is 0 Å². The molecule has 0 saturated heterocycles. The minimum atomic E-state index is -0.241. The minimum Gasteiger partial charge on any atom is -0.437 e. The van der Waals surface area contributed by atoms with Crippen LogP contribution in [0.5, 0.6) is 0 Å². The number of hydrogen-bond donors (Lipinski definition) is 1. The molecule has 0 spiro atoms. The molecule has 1 rings (SSSR count). The van der Waals surface area contributed by atoms with Crippen LogP contribution in [0.1, 0.15) is 34.8 Å². The van der Waals surface area contributed by atoms with Gasteiger partial charge < -0.3 is 10.2 Å². The first-order valence-corrected chi connectivity index (χ1v) is 3.43. The lowest BCUT2D eigenvalue weighted by Crippen LogP contribution is -1.94. The monoisotopic (exact) mass is 167 g/mol. The van der Waals surface area contributed by atoms with Gasteiger partial charge in [-0.1, -0.05) is 0 Å². The summed E-state index contributed by atoms with van der Waals surface area (Å²) >= 11 is 0. The summed E-state index contributed by atoms with van der Waals surface area (Å²) in [5, 5.41) is 0. The van der Waals surface area contributed by atoms with E-state index >= 15 is 0 Å². The smallest absolute Gasteiger partial charge is 0.202 e. The second kappa shape index (κ2) is 2.81. The molecule has 1 aromatic heterocycles. The highest BCUT2D eigenvalue weighted by Gasteiger charge is 2.14. The van der Waals surface area contributed by atoms with Crippen molar-refractivity contribution in [3.8, 4) is 0 Å². The fourth-order valence-corrected chi connectivity index (χ4v) is 0.854. The van der Waals surface area contributed by atoms with Gasteiger partial charge in [0, 0.05) is 13.0 Å². The second-order valence-electron chi connectivity index (χ2n) is 2.50. The molecule has 2 N–H and O–H groups in total. The minimum absolute atomic E-state index is 0.00713. The second-order valence-corrected chi connectivity index (χ2v) is 2.50. The van der Waals surface area contributed by atoms with E-state index in [-0.39, 0.29) is 28.8 Å². The SMILES string of the molecule is CC(=O)c1cc(C(C)=O)c(N)o1. The van der Waals surface area contributed by atoms with E-state index in [0.717, 1.165) is 0 Å². The lowest BCUT2D eigenvalue weighted by molar-refractivity contribution is 0.0986. The van der Waals surface area contributed by atoms with Gasteiger partial charge in [-0.2, -0.15) is 0 Å². The van der Waals surface area contributed by atoms with Gasteiger partial charge in [0.15, 0.2) is 17.3 Å². The van der Waals surface area contributed by atoms with E-state index in [1.165, 1.54) is 19.9 Å². The molecule has 0 aromatic carbocycles. The molecule has 0 atom stereocenters. The maximum atomic E-state index is 10.9. The van der Waals surface area contributed by atoms with Gasteiger partial charge in [-0.05, 0) is 6.92 Å². The number of carbonyl (C=O) groups is 2. The van der Waals surface area contributed by atoms with Crippen LogP contribution >= 0.6 is 0 Å². The number of ketones is 2. The fourth-order valence-electron chi connectivity index (χ4n) is 0.854. The summed E-state index contributed by atoms with van der Waals surface area (Å²) in [4.78, 5) is 21.6. The van der Waals surface area contributed by atoms with E-state index in [1.807, 2.05) is 0 Å². The van der Waals surface area contributed by atoms with Gasteiger partial charge in [-0.3, -0.25) is 9.59 Å². The van der Waals surface area contributed by atoms with E-state index in [4.69, 9.17) is 10.2 Å². The lowest BCUT2D eigenvalue weighted by Gasteiger charge is -1.86. The summed E-state index contributed by atoms with van der Waals surface area (Å²) in [6.45, 7) is 2.72. The van der Waals surface area contributed by atoms with Crippen molar-refractivity contribution in [1.82, 2.24) is 0 Å². The lowest BCUT2D eigenvalue weighted by atomic mass is 10.2. The molecule has 4 nitrogen and oxygen atoms in total. The average molecular weight is 167 g/mol. The Bertz CT molecular complexity index is 338. The highest BCUT2D eigenvalue weighted by Crippen LogP contribution is 2.18. The molecule has 12 heavy (non-hydrogen) atoms. The molecule has 0 amide bonds. The van der Waals surface area contributed by atoms with Crippen molar-refractivity contribution in [3.63, 3.8) is 0 Å². The maximum Gasteiger partial charge on any atom is 0.202 e. The Morgan fingerprint density at radius 2 is 1.92 bits per heavy atom. The zero-order valence-electron chi connectivity index (χ0n) is 6.88. The molecule has 0 radical (unpaired) electrons. The van der Waals surface area contributed by atoms with Crippen molar-refractivity contribution < 1.29 is 14.0 Å². The molecule has 0 fully saturated rings. The van der Waals surface area contributed by atoms with E-state index in [2.05, 4.69) is 0 Å². The van der Waals surface area contributed by atoms with Gasteiger partial charge in [0.25, 0.3) is 0 Å². The summed E-state index contributed by atoms with van der Waals surface area (Å²) in [5.74, 6) is -0.316. The van der Waals surface area contributed by atoms with Gasteiger partial charge in [-0.25, -0.2) is 0 Å². The standard InChI is InChI=1S/C8H9NO3/c1-4(10)6-3-7(5(2)11)12-8(6)9/h3H,9H2,1-2H3. The predicted molar refractivity (Wildman–Crippen MR) is 43.1 cm³/mol. The number of furan rings is 1. The van der Waals surface area contributed by atoms with Crippen LogP contribution in [0.15, 0.2) is 10.5 Å². The molecule has 0 aliphatic heterocycles. The molecule has 0 unspecified atom stereocenters. The summed E-state index contributed by atoms with van der Waals surface area (Å²) in [6.07, 6.45) is 0. The largest absolute Gasteiger partial charge is 0.437 e. The summed E-state index contributed by atoms with van der Waals surface area (Å²) in [7, 11) is 0. The Kier molecular flexibility index (Phi) is 1.99. The summed E-state index contributed by atoms with van der Waals surface area (Å²) < 4.78 is 4.84. The van der Waals surface area contributed by atoms with Crippen molar-refractivity contribution in [1.29, 1.82) is 0 Å². The third kappa shape index (κ3) is 1.37. The van der Waals surface area contributed by atoms with Crippen molar-refractivity contribution in [2.24, 2.45) is 0 Å². The Labute approximate surface area is 69.3 Å².